The zero-order chi connectivity index (χ0) is 13.1. The van der Waals surface area contributed by atoms with Gasteiger partial charge in [0, 0.05) is 17.6 Å². The van der Waals surface area contributed by atoms with E-state index in [1.165, 1.54) is 6.42 Å². The lowest BCUT2D eigenvalue weighted by Gasteiger charge is -2.13. The van der Waals surface area contributed by atoms with E-state index in [0.717, 1.165) is 35.2 Å². The van der Waals surface area contributed by atoms with Crippen molar-refractivity contribution in [1.82, 2.24) is 10.2 Å². The molecule has 1 N–H and O–H groups in total. The van der Waals surface area contributed by atoms with Gasteiger partial charge in [0.25, 0.3) is 5.91 Å². The molecule has 4 heteroatoms. The summed E-state index contributed by atoms with van der Waals surface area (Å²) in [5.74, 6) is 0.600. The minimum absolute atomic E-state index is 0.0140. The highest BCUT2D eigenvalue weighted by atomic mass is 79.9. The third kappa shape index (κ3) is 3.12. The van der Waals surface area contributed by atoms with Crippen LogP contribution in [0, 0.1) is 12.8 Å². The Kier molecular flexibility index (Phi) is 4.40. The van der Waals surface area contributed by atoms with Crippen LogP contribution in [0.15, 0.2) is 22.7 Å². The lowest BCUT2D eigenvalue weighted by Crippen LogP contribution is -2.30. The van der Waals surface area contributed by atoms with E-state index in [2.05, 4.69) is 33.2 Å². The molecule has 1 fully saturated rings. The molecule has 98 valence electrons. The number of halogens is 1. The van der Waals surface area contributed by atoms with Gasteiger partial charge in [-0.15, -0.1) is 0 Å². The zero-order valence-electron chi connectivity index (χ0n) is 10.9. The fourth-order valence-corrected chi connectivity index (χ4v) is 2.79. The smallest absolute Gasteiger partial charge is 0.252 e. The van der Waals surface area contributed by atoms with Crippen LogP contribution in [0.3, 0.4) is 0 Å². The molecule has 1 heterocycles. The summed E-state index contributed by atoms with van der Waals surface area (Å²) in [6, 6.07) is 5.76. The normalized spacial score (nSPS) is 20.1. The van der Waals surface area contributed by atoms with Crippen LogP contribution in [0.2, 0.25) is 0 Å². The van der Waals surface area contributed by atoms with E-state index in [1.54, 1.807) is 0 Å². The summed E-state index contributed by atoms with van der Waals surface area (Å²) in [4.78, 5) is 14.4. The molecular weight excluding hydrogens is 292 g/mol. The first-order valence-electron chi connectivity index (χ1n) is 6.30. The summed E-state index contributed by atoms with van der Waals surface area (Å²) < 4.78 is 0.894. The molecule has 3 nitrogen and oxygen atoms in total. The van der Waals surface area contributed by atoms with Crippen LogP contribution in [0.5, 0.6) is 0 Å². The molecule has 1 saturated heterocycles. The largest absolute Gasteiger partial charge is 0.352 e. The summed E-state index contributed by atoms with van der Waals surface area (Å²) in [5, 5.41) is 3.03. The second-order valence-corrected chi connectivity index (χ2v) is 5.86. The van der Waals surface area contributed by atoms with Gasteiger partial charge in [-0.2, -0.15) is 0 Å². The second-order valence-electron chi connectivity index (χ2n) is 5.06. The maximum absolute atomic E-state index is 12.1. The molecule has 0 saturated carbocycles. The highest BCUT2D eigenvalue weighted by Gasteiger charge is 2.20. The van der Waals surface area contributed by atoms with Gasteiger partial charge in [0.2, 0.25) is 0 Å². The summed E-state index contributed by atoms with van der Waals surface area (Å²) in [6.45, 7) is 4.97. The molecule has 0 unspecified atom stereocenters. The molecular formula is C14H19BrN2O. The van der Waals surface area contributed by atoms with Gasteiger partial charge in [-0.1, -0.05) is 12.1 Å². The van der Waals surface area contributed by atoms with E-state index in [1.807, 2.05) is 25.1 Å². The van der Waals surface area contributed by atoms with Crippen molar-refractivity contribution in [2.24, 2.45) is 5.92 Å². The standard InChI is InChI=1S/C14H19BrN2O/c1-10-4-3-5-12(13(10)15)14(18)16-8-11-6-7-17(2)9-11/h3-5,11H,6-9H2,1-2H3,(H,16,18)/t11-/m0/s1. The number of hydrogen-bond acceptors (Lipinski definition) is 2. The van der Waals surface area contributed by atoms with E-state index in [-0.39, 0.29) is 5.91 Å². The Morgan fingerprint density at radius 2 is 2.33 bits per heavy atom. The van der Waals surface area contributed by atoms with Gasteiger partial charge in [0.05, 0.1) is 5.56 Å². The van der Waals surface area contributed by atoms with Crippen molar-refractivity contribution in [3.05, 3.63) is 33.8 Å². The fraction of sp³-hybridized carbons (Fsp3) is 0.500. The van der Waals surface area contributed by atoms with Gasteiger partial charge in [0.15, 0.2) is 0 Å². The second kappa shape index (κ2) is 5.85. The molecule has 18 heavy (non-hydrogen) atoms. The highest BCUT2D eigenvalue weighted by molar-refractivity contribution is 9.10. The van der Waals surface area contributed by atoms with Gasteiger partial charge >= 0.3 is 0 Å². The first-order chi connectivity index (χ1) is 8.58. The molecule has 0 spiro atoms. The number of carbonyl (C=O) groups excluding carboxylic acids is 1. The topological polar surface area (TPSA) is 32.3 Å². The maximum atomic E-state index is 12.1. The van der Waals surface area contributed by atoms with Crippen LogP contribution in [0.1, 0.15) is 22.3 Å². The Morgan fingerprint density at radius 3 is 3.00 bits per heavy atom. The molecule has 0 aromatic heterocycles. The molecule has 0 aliphatic carbocycles. The Balaban J connectivity index is 1.94. The quantitative estimate of drug-likeness (QED) is 0.930. The summed E-state index contributed by atoms with van der Waals surface area (Å²) in [7, 11) is 2.12. The minimum atomic E-state index is 0.0140. The first-order valence-corrected chi connectivity index (χ1v) is 7.09. The van der Waals surface area contributed by atoms with E-state index in [4.69, 9.17) is 0 Å². The number of nitrogens with one attached hydrogen (secondary N) is 1. The predicted molar refractivity (Wildman–Crippen MR) is 76.8 cm³/mol. The van der Waals surface area contributed by atoms with Crippen LogP contribution in [-0.4, -0.2) is 37.5 Å². The SMILES string of the molecule is Cc1cccc(C(=O)NC[C@@H]2CCN(C)C2)c1Br. The van der Waals surface area contributed by atoms with Gasteiger partial charge in [-0.3, -0.25) is 4.79 Å². The number of amides is 1. The van der Waals surface area contributed by atoms with Crippen LogP contribution in [-0.2, 0) is 0 Å². The Morgan fingerprint density at radius 1 is 1.56 bits per heavy atom. The monoisotopic (exact) mass is 310 g/mol. The number of hydrogen-bond donors (Lipinski definition) is 1. The minimum Gasteiger partial charge on any atom is -0.352 e. The Hall–Kier alpha value is -0.870. The van der Waals surface area contributed by atoms with Crippen molar-refractivity contribution >= 4 is 21.8 Å². The third-order valence-corrected chi connectivity index (χ3v) is 4.53. The van der Waals surface area contributed by atoms with Crippen molar-refractivity contribution in [3.63, 3.8) is 0 Å². The van der Waals surface area contributed by atoms with Crippen LogP contribution in [0.4, 0.5) is 0 Å². The maximum Gasteiger partial charge on any atom is 0.252 e. The van der Waals surface area contributed by atoms with Crippen molar-refractivity contribution in [2.45, 2.75) is 13.3 Å². The van der Waals surface area contributed by atoms with E-state index < -0.39 is 0 Å². The summed E-state index contributed by atoms with van der Waals surface area (Å²) in [5.41, 5.74) is 1.81. The lowest BCUT2D eigenvalue weighted by atomic mass is 10.1. The van der Waals surface area contributed by atoms with E-state index in [0.29, 0.717) is 5.92 Å². The predicted octanol–water partition coefficient (Wildman–Crippen LogP) is 2.44. The molecule has 1 amide bonds. The number of likely N-dealkylation sites (tertiary alicyclic amines) is 1. The van der Waals surface area contributed by atoms with E-state index >= 15 is 0 Å². The van der Waals surface area contributed by atoms with Gasteiger partial charge in [-0.05, 0) is 60.4 Å². The molecule has 1 aromatic rings. The zero-order valence-corrected chi connectivity index (χ0v) is 12.5. The number of carbonyl (C=O) groups is 1. The molecule has 1 aliphatic rings. The summed E-state index contributed by atoms with van der Waals surface area (Å²) >= 11 is 3.47. The average molecular weight is 311 g/mol. The van der Waals surface area contributed by atoms with E-state index in [9.17, 15) is 4.79 Å². The van der Waals surface area contributed by atoms with Crippen molar-refractivity contribution < 1.29 is 4.79 Å². The Bertz CT molecular complexity index is 447. The van der Waals surface area contributed by atoms with Crippen LogP contribution in [0.25, 0.3) is 0 Å². The summed E-state index contributed by atoms with van der Waals surface area (Å²) in [6.07, 6.45) is 1.17. The van der Waals surface area contributed by atoms with Gasteiger partial charge in [0.1, 0.15) is 0 Å². The van der Waals surface area contributed by atoms with Crippen LogP contribution < -0.4 is 5.32 Å². The van der Waals surface area contributed by atoms with Gasteiger partial charge in [-0.25, -0.2) is 0 Å². The van der Waals surface area contributed by atoms with Crippen molar-refractivity contribution in [3.8, 4) is 0 Å². The Labute approximate surface area is 117 Å². The fourth-order valence-electron chi connectivity index (χ4n) is 2.35. The lowest BCUT2D eigenvalue weighted by molar-refractivity contribution is 0.0946. The molecule has 0 radical (unpaired) electrons. The third-order valence-electron chi connectivity index (χ3n) is 3.48. The van der Waals surface area contributed by atoms with Crippen molar-refractivity contribution in [1.29, 1.82) is 0 Å². The molecule has 1 aromatic carbocycles. The first kappa shape index (κ1) is 13.6. The van der Waals surface area contributed by atoms with Crippen LogP contribution >= 0.6 is 15.9 Å². The highest BCUT2D eigenvalue weighted by Crippen LogP contribution is 2.21. The molecule has 2 rings (SSSR count). The molecule has 1 aliphatic heterocycles. The van der Waals surface area contributed by atoms with Gasteiger partial charge < -0.3 is 10.2 Å². The number of benzene rings is 1. The van der Waals surface area contributed by atoms with Crippen molar-refractivity contribution in [2.75, 3.05) is 26.7 Å². The number of rotatable bonds is 3. The number of aryl methyl sites for hydroxylation is 1. The molecule has 0 bridgehead atoms. The average Bonchev–Trinajstić information content (AvgIpc) is 2.76. The molecule has 1 atom stereocenters. The number of nitrogens with zero attached hydrogens (tertiary/aromatic N) is 1.